The van der Waals surface area contributed by atoms with Gasteiger partial charge in [0.25, 0.3) is 5.91 Å². The number of pyridine rings is 1. The second-order valence-electron chi connectivity index (χ2n) is 7.76. The minimum absolute atomic E-state index is 0.144. The van der Waals surface area contributed by atoms with Gasteiger partial charge in [0.15, 0.2) is 0 Å². The minimum Gasteiger partial charge on any atom is -0.381 e. The highest BCUT2D eigenvalue weighted by atomic mass is 32.2. The van der Waals surface area contributed by atoms with Crippen molar-refractivity contribution < 1.29 is 4.79 Å². The summed E-state index contributed by atoms with van der Waals surface area (Å²) >= 11 is 2.92. The highest BCUT2D eigenvalue weighted by Gasteiger charge is 2.30. The molecule has 0 saturated heterocycles. The van der Waals surface area contributed by atoms with E-state index in [9.17, 15) is 4.79 Å². The molecule has 4 aromatic rings. The first-order chi connectivity index (χ1) is 16.1. The lowest BCUT2D eigenvalue weighted by atomic mass is 9.87. The number of thiazole rings is 1. The van der Waals surface area contributed by atoms with E-state index in [2.05, 4.69) is 36.4 Å². The molecule has 3 heterocycles. The van der Waals surface area contributed by atoms with Gasteiger partial charge in [0, 0.05) is 41.8 Å². The van der Waals surface area contributed by atoms with Gasteiger partial charge in [-0.2, -0.15) is 5.26 Å². The molecule has 33 heavy (non-hydrogen) atoms. The van der Waals surface area contributed by atoms with Crippen LogP contribution in [0.1, 0.15) is 28.1 Å². The molecule has 1 saturated carbocycles. The van der Waals surface area contributed by atoms with Crippen LogP contribution in [0.15, 0.2) is 53.8 Å². The lowest BCUT2D eigenvalue weighted by Crippen LogP contribution is -2.45. The van der Waals surface area contributed by atoms with Crippen LogP contribution < -0.4 is 15.4 Å². The van der Waals surface area contributed by atoms with E-state index in [0.29, 0.717) is 22.5 Å². The second-order valence-corrected chi connectivity index (χ2v) is 9.71. The summed E-state index contributed by atoms with van der Waals surface area (Å²) in [6, 6.07) is 12.5. The summed E-state index contributed by atoms with van der Waals surface area (Å²) in [5.74, 6) is -0.144. The zero-order chi connectivity index (χ0) is 22.8. The number of nitriles is 1. The van der Waals surface area contributed by atoms with E-state index in [4.69, 9.17) is 5.26 Å². The number of hydrogen-bond acceptors (Lipinski definition) is 8. The van der Waals surface area contributed by atoms with Crippen molar-refractivity contribution in [3.63, 3.8) is 0 Å². The molecule has 3 aromatic heterocycles. The van der Waals surface area contributed by atoms with Gasteiger partial charge in [0.2, 0.25) is 0 Å². The fourth-order valence-corrected chi connectivity index (χ4v) is 5.48. The molecule has 4 N–H and O–H groups in total. The van der Waals surface area contributed by atoms with Gasteiger partial charge in [-0.25, -0.2) is 9.97 Å². The molecule has 0 radical (unpaired) electrons. The Kier molecular flexibility index (Phi) is 6.00. The Bertz CT molecular complexity index is 1350. The molecule has 8 nitrogen and oxygen atoms in total. The van der Waals surface area contributed by atoms with Crippen LogP contribution >= 0.6 is 23.3 Å². The second kappa shape index (κ2) is 9.23. The van der Waals surface area contributed by atoms with Crippen molar-refractivity contribution >= 4 is 45.9 Å². The maximum Gasteiger partial charge on any atom is 0.262 e. The number of amides is 1. The molecule has 0 spiro atoms. The summed E-state index contributed by atoms with van der Waals surface area (Å²) in [5.41, 5.74) is 3.35. The smallest absolute Gasteiger partial charge is 0.262 e. The van der Waals surface area contributed by atoms with Crippen molar-refractivity contribution in [1.29, 1.82) is 5.26 Å². The summed E-state index contributed by atoms with van der Waals surface area (Å²) in [6.07, 6.45) is 7.23. The number of carbonyl (C=O) groups is 1. The zero-order valence-corrected chi connectivity index (χ0v) is 19.4. The Hall–Kier alpha value is -3.39. The Morgan fingerprint density at radius 2 is 2.12 bits per heavy atom. The highest BCUT2D eigenvalue weighted by Crippen LogP contribution is 2.38. The zero-order valence-electron chi connectivity index (χ0n) is 17.8. The fourth-order valence-electron chi connectivity index (χ4n) is 3.77. The van der Waals surface area contributed by atoms with Crippen LogP contribution in [0.5, 0.6) is 0 Å². The van der Waals surface area contributed by atoms with Crippen molar-refractivity contribution in [1.82, 2.24) is 25.0 Å². The SMILES string of the molecule is CNC(=O)c1cnc(-c2cnc3[nH]ccc3c2N[C@H]2C[C@H](NSc3cccc(C#N)c3)C2)s1. The number of anilines is 1. The lowest BCUT2D eigenvalue weighted by Gasteiger charge is -2.37. The first kappa shape index (κ1) is 21.5. The molecule has 10 heteroatoms. The number of fused-ring (bicyclic) bond motifs is 1. The quantitative estimate of drug-likeness (QED) is 0.296. The van der Waals surface area contributed by atoms with E-state index in [0.717, 1.165) is 45.0 Å². The third-order valence-corrected chi connectivity index (χ3v) is 7.54. The van der Waals surface area contributed by atoms with Crippen LogP contribution in [0.4, 0.5) is 5.69 Å². The number of aromatic amines is 1. The number of nitrogens with zero attached hydrogens (tertiary/aromatic N) is 3. The van der Waals surface area contributed by atoms with E-state index in [-0.39, 0.29) is 5.91 Å². The van der Waals surface area contributed by atoms with E-state index in [1.807, 2.05) is 36.5 Å². The van der Waals surface area contributed by atoms with Gasteiger partial charge in [0.1, 0.15) is 15.5 Å². The van der Waals surface area contributed by atoms with Gasteiger partial charge in [-0.05, 0) is 49.1 Å². The van der Waals surface area contributed by atoms with Gasteiger partial charge in [-0.3, -0.25) is 9.52 Å². The number of carbonyl (C=O) groups excluding carboxylic acids is 1. The van der Waals surface area contributed by atoms with E-state index in [1.54, 1.807) is 31.4 Å². The van der Waals surface area contributed by atoms with Crippen LogP contribution in [-0.4, -0.2) is 40.0 Å². The Labute approximate surface area is 199 Å². The maximum atomic E-state index is 12.0. The number of rotatable bonds is 7. The molecule has 166 valence electrons. The molecule has 0 atom stereocenters. The average molecular weight is 476 g/mol. The Morgan fingerprint density at radius 1 is 1.24 bits per heavy atom. The maximum absolute atomic E-state index is 12.0. The summed E-state index contributed by atoms with van der Waals surface area (Å²) in [5, 5.41) is 17.1. The largest absolute Gasteiger partial charge is 0.381 e. The van der Waals surface area contributed by atoms with E-state index >= 15 is 0 Å². The summed E-state index contributed by atoms with van der Waals surface area (Å²) in [4.78, 5) is 25.8. The molecule has 5 rings (SSSR count). The highest BCUT2D eigenvalue weighted by molar-refractivity contribution is 7.97. The van der Waals surface area contributed by atoms with Crippen molar-refractivity contribution in [2.45, 2.75) is 29.8 Å². The van der Waals surface area contributed by atoms with Crippen LogP contribution in [0.3, 0.4) is 0 Å². The minimum atomic E-state index is -0.144. The standard InChI is InChI=1S/C23H21N7OS2/c1-25-22(31)19-12-28-23(32-19)18-11-27-21-17(5-6-26-21)20(18)29-14-8-15(9-14)30-33-16-4-2-3-13(7-16)10-24/h2-7,11-12,14-15,30H,8-9H2,1H3,(H,25,31)(H2,26,27,29)/t14-,15-. The third-order valence-electron chi connectivity index (χ3n) is 5.57. The molecule has 0 bridgehead atoms. The Morgan fingerprint density at radius 3 is 2.94 bits per heavy atom. The summed E-state index contributed by atoms with van der Waals surface area (Å²) in [7, 11) is 1.61. The first-order valence-corrected chi connectivity index (χ1v) is 12.1. The van der Waals surface area contributed by atoms with Crippen molar-refractivity contribution in [2.75, 3.05) is 12.4 Å². The Balaban J connectivity index is 1.29. The fraction of sp³-hybridized carbons (Fsp3) is 0.217. The summed E-state index contributed by atoms with van der Waals surface area (Å²) < 4.78 is 3.50. The number of aromatic nitrogens is 3. The molecule has 1 aliphatic rings. The average Bonchev–Trinajstić information content (AvgIpc) is 3.50. The molecular formula is C23H21N7OS2. The third kappa shape index (κ3) is 4.43. The first-order valence-electron chi connectivity index (χ1n) is 10.5. The van der Waals surface area contributed by atoms with Crippen LogP contribution in [0.2, 0.25) is 0 Å². The molecular weight excluding hydrogens is 454 g/mol. The van der Waals surface area contributed by atoms with E-state index < -0.39 is 0 Å². The van der Waals surface area contributed by atoms with Gasteiger partial charge in [-0.15, -0.1) is 11.3 Å². The molecule has 1 fully saturated rings. The molecule has 0 unspecified atom stereocenters. The van der Waals surface area contributed by atoms with Crippen LogP contribution in [-0.2, 0) is 0 Å². The van der Waals surface area contributed by atoms with Crippen LogP contribution in [0.25, 0.3) is 21.6 Å². The van der Waals surface area contributed by atoms with E-state index in [1.165, 1.54) is 11.3 Å². The number of hydrogen-bond donors (Lipinski definition) is 4. The van der Waals surface area contributed by atoms with Gasteiger partial charge >= 0.3 is 0 Å². The van der Waals surface area contributed by atoms with Gasteiger partial charge < -0.3 is 15.6 Å². The topological polar surface area (TPSA) is 119 Å². The number of benzene rings is 1. The molecule has 0 aliphatic heterocycles. The van der Waals surface area contributed by atoms with Gasteiger partial charge in [0.05, 0.1) is 29.1 Å². The number of nitrogens with one attached hydrogen (secondary N) is 4. The lowest BCUT2D eigenvalue weighted by molar-refractivity contribution is 0.0967. The summed E-state index contributed by atoms with van der Waals surface area (Å²) in [6.45, 7) is 0. The van der Waals surface area contributed by atoms with Crippen molar-refractivity contribution in [3.05, 3.63) is 59.4 Å². The molecule has 1 aromatic carbocycles. The normalized spacial score (nSPS) is 17.3. The van der Waals surface area contributed by atoms with Crippen molar-refractivity contribution in [3.8, 4) is 16.6 Å². The molecule has 1 aliphatic carbocycles. The molecule has 1 amide bonds. The predicted octanol–water partition coefficient (Wildman–Crippen LogP) is 4.16. The van der Waals surface area contributed by atoms with Crippen LogP contribution in [0, 0.1) is 11.3 Å². The number of H-pyrrole nitrogens is 1. The predicted molar refractivity (Wildman–Crippen MR) is 131 cm³/mol. The monoisotopic (exact) mass is 475 g/mol. The van der Waals surface area contributed by atoms with Crippen molar-refractivity contribution in [2.24, 2.45) is 0 Å². The van der Waals surface area contributed by atoms with Gasteiger partial charge in [-0.1, -0.05) is 6.07 Å².